The molecular formula is C21H22F2N4O3S2. The van der Waals surface area contributed by atoms with Crippen molar-refractivity contribution in [3.63, 3.8) is 0 Å². The summed E-state index contributed by atoms with van der Waals surface area (Å²) in [6.45, 7) is 3.74. The summed E-state index contributed by atoms with van der Waals surface area (Å²) in [6, 6.07) is 11.3. The number of hydrogen-bond donors (Lipinski definition) is 2. The number of amides is 1. The van der Waals surface area contributed by atoms with E-state index in [4.69, 9.17) is 0 Å². The molecule has 0 aliphatic rings. The van der Waals surface area contributed by atoms with E-state index in [0.29, 0.717) is 22.6 Å². The van der Waals surface area contributed by atoms with E-state index in [0.717, 1.165) is 24.8 Å². The molecule has 0 aliphatic carbocycles. The fourth-order valence-electron chi connectivity index (χ4n) is 2.89. The van der Waals surface area contributed by atoms with Crippen LogP contribution in [0.1, 0.15) is 52.7 Å². The van der Waals surface area contributed by atoms with Crippen molar-refractivity contribution in [1.29, 1.82) is 0 Å². The maximum Gasteiger partial charge on any atom is 0.291 e. The molecule has 2 aromatic carbocycles. The Labute approximate surface area is 189 Å². The number of nitrogens with zero attached hydrogens (tertiary/aromatic N) is 2. The van der Waals surface area contributed by atoms with E-state index in [9.17, 15) is 22.0 Å². The van der Waals surface area contributed by atoms with Gasteiger partial charge in [-0.1, -0.05) is 42.9 Å². The molecule has 0 radical (unpaired) electrons. The molecule has 170 valence electrons. The highest BCUT2D eigenvalue weighted by molar-refractivity contribution is 7.92. The molecule has 3 rings (SSSR count). The number of anilines is 2. The SMILES string of the molecule is CCCCc1ccc(NS(=O)(=O)c2ccc(C)c(C(=O)Nc3nnc(C(F)F)s3)c2)cc1. The van der Waals surface area contributed by atoms with E-state index < -0.39 is 27.4 Å². The third-order valence-corrected chi connectivity index (χ3v) is 6.86. The van der Waals surface area contributed by atoms with Gasteiger partial charge in [-0.25, -0.2) is 17.2 Å². The normalized spacial score (nSPS) is 11.5. The molecule has 3 aromatic rings. The lowest BCUT2D eigenvalue weighted by Gasteiger charge is -2.11. The number of hydrogen-bond acceptors (Lipinski definition) is 6. The van der Waals surface area contributed by atoms with Crippen molar-refractivity contribution in [2.45, 2.75) is 44.4 Å². The quantitative estimate of drug-likeness (QED) is 0.439. The Bertz CT molecular complexity index is 1200. The molecule has 0 bridgehead atoms. The first kappa shape index (κ1) is 23.7. The van der Waals surface area contributed by atoms with Crippen LogP contribution in [-0.4, -0.2) is 24.5 Å². The Kier molecular flexibility index (Phi) is 7.52. The van der Waals surface area contributed by atoms with Crippen molar-refractivity contribution in [3.8, 4) is 0 Å². The second-order valence-corrected chi connectivity index (χ2v) is 9.77. The van der Waals surface area contributed by atoms with Crippen molar-refractivity contribution in [2.24, 2.45) is 0 Å². The van der Waals surface area contributed by atoms with Crippen molar-refractivity contribution in [3.05, 3.63) is 64.2 Å². The van der Waals surface area contributed by atoms with Crippen molar-refractivity contribution < 1.29 is 22.0 Å². The van der Waals surface area contributed by atoms with Gasteiger partial charge >= 0.3 is 0 Å². The number of aryl methyl sites for hydroxylation is 2. The monoisotopic (exact) mass is 480 g/mol. The minimum Gasteiger partial charge on any atom is -0.296 e. The summed E-state index contributed by atoms with van der Waals surface area (Å²) in [5, 5.41) is 8.59. The molecular weight excluding hydrogens is 458 g/mol. The summed E-state index contributed by atoms with van der Waals surface area (Å²) >= 11 is 0.552. The van der Waals surface area contributed by atoms with Crippen LogP contribution >= 0.6 is 11.3 Å². The molecule has 0 atom stereocenters. The van der Waals surface area contributed by atoms with E-state index in [-0.39, 0.29) is 15.6 Å². The third kappa shape index (κ3) is 5.86. The van der Waals surface area contributed by atoms with Crippen LogP contribution in [0.25, 0.3) is 0 Å². The fraction of sp³-hybridized carbons (Fsp3) is 0.286. The van der Waals surface area contributed by atoms with E-state index in [1.54, 1.807) is 19.1 Å². The molecule has 7 nitrogen and oxygen atoms in total. The zero-order valence-electron chi connectivity index (χ0n) is 17.4. The summed E-state index contributed by atoms with van der Waals surface area (Å²) < 4.78 is 53.5. The van der Waals surface area contributed by atoms with Gasteiger partial charge < -0.3 is 0 Å². The van der Waals surface area contributed by atoms with E-state index in [2.05, 4.69) is 27.2 Å². The van der Waals surface area contributed by atoms with Gasteiger partial charge in [-0.15, -0.1) is 10.2 Å². The number of sulfonamides is 1. The van der Waals surface area contributed by atoms with Crippen molar-refractivity contribution in [2.75, 3.05) is 10.0 Å². The Morgan fingerprint density at radius 3 is 2.47 bits per heavy atom. The van der Waals surface area contributed by atoms with Crippen LogP contribution < -0.4 is 10.0 Å². The highest BCUT2D eigenvalue weighted by atomic mass is 32.2. The number of unbranched alkanes of at least 4 members (excludes halogenated alkanes) is 1. The van der Waals surface area contributed by atoms with E-state index in [1.165, 1.54) is 18.2 Å². The van der Waals surface area contributed by atoms with Gasteiger partial charge in [0, 0.05) is 11.3 Å². The minimum atomic E-state index is -3.95. The smallest absolute Gasteiger partial charge is 0.291 e. The number of halogens is 2. The number of aromatic nitrogens is 2. The summed E-state index contributed by atoms with van der Waals surface area (Å²) in [6.07, 6.45) is 0.261. The van der Waals surface area contributed by atoms with Crippen LogP contribution in [0, 0.1) is 6.92 Å². The fourth-order valence-corrected chi connectivity index (χ4v) is 4.56. The average molecular weight is 481 g/mol. The van der Waals surface area contributed by atoms with E-state index >= 15 is 0 Å². The highest BCUT2D eigenvalue weighted by Crippen LogP contribution is 2.26. The van der Waals surface area contributed by atoms with Crippen LogP contribution in [0.2, 0.25) is 0 Å². The summed E-state index contributed by atoms with van der Waals surface area (Å²) in [7, 11) is -3.95. The van der Waals surface area contributed by atoms with Gasteiger partial charge in [-0.3, -0.25) is 14.8 Å². The molecule has 0 saturated carbocycles. The first-order chi connectivity index (χ1) is 15.2. The second-order valence-electron chi connectivity index (χ2n) is 7.08. The molecule has 1 aromatic heterocycles. The lowest BCUT2D eigenvalue weighted by atomic mass is 10.1. The molecule has 0 fully saturated rings. The average Bonchev–Trinajstić information content (AvgIpc) is 3.22. The molecule has 0 saturated heterocycles. The second kappa shape index (κ2) is 10.1. The lowest BCUT2D eigenvalue weighted by Crippen LogP contribution is -2.17. The molecule has 1 heterocycles. The van der Waals surface area contributed by atoms with Crippen LogP contribution in [0.4, 0.5) is 19.6 Å². The number of alkyl halides is 2. The van der Waals surface area contributed by atoms with Gasteiger partial charge in [0.25, 0.3) is 22.4 Å². The number of carbonyl (C=O) groups is 1. The summed E-state index contributed by atoms with van der Waals surface area (Å²) in [4.78, 5) is 12.5. The first-order valence-electron chi connectivity index (χ1n) is 9.85. The molecule has 0 spiro atoms. The van der Waals surface area contributed by atoms with E-state index in [1.807, 2.05) is 12.1 Å². The molecule has 1 amide bonds. The van der Waals surface area contributed by atoms with Crippen molar-refractivity contribution in [1.82, 2.24) is 10.2 Å². The largest absolute Gasteiger partial charge is 0.296 e. The number of nitrogens with one attached hydrogen (secondary N) is 2. The van der Waals surface area contributed by atoms with Crippen LogP contribution in [0.3, 0.4) is 0 Å². The van der Waals surface area contributed by atoms with Crippen LogP contribution in [0.5, 0.6) is 0 Å². The lowest BCUT2D eigenvalue weighted by molar-refractivity contribution is 0.102. The third-order valence-electron chi connectivity index (χ3n) is 4.64. The van der Waals surface area contributed by atoms with Crippen molar-refractivity contribution >= 4 is 38.1 Å². The van der Waals surface area contributed by atoms with Crippen LogP contribution in [0.15, 0.2) is 47.4 Å². The van der Waals surface area contributed by atoms with Crippen LogP contribution in [-0.2, 0) is 16.4 Å². The zero-order valence-corrected chi connectivity index (χ0v) is 19.1. The topological polar surface area (TPSA) is 101 Å². The maximum atomic E-state index is 12.8. The summed E-state index contributed by atoms with van der Waals surface area (Å²) in [5.41, 5.74) is 2.12. The van der Waals surface area contributed by atoms with Gasteiger partial charge in [0.1, 0.15) is 0 Å². The predicted molar refractivity (Wildman–Crippen MR) is 120 cm³/mol. The Morgan fingerprint density at radius 1 is 1.12 bits per heavy atom. The van der Waals surface area contributed by atoms with Gasteiger partial charge in [0.05, 0.1) is 4.90 Å². The molecule has 0 aliphatic heterocycles. The van der Waals surface area contributed by atoms with Gasteiger partial charge in [-0.05, 0) is 55.2 Å². The Hall–Kier alpha value is -2.92. The molecule has 0 unspecified atom stereocenters. The molecule has 32 heavy (non-hydrogen) atoms. The standard InChI is InChI=1S/C21H22F2N4O3S2/c1-3-4-5-14-7-9-15(10-8-14)27-32(29,30)16-11-6-13(2)17(12-16)19(28)24-21-26-25-20(31-21)18(22)23/h6-12,18,27H,3-5H2,1-2H3,(H,24,26,28). The number of rotatable bonds is 9. The summed E-state index contributed by atoms with van der Waals surface area (Å²) in [5.74, 6) is -0.670. The minimum absolute atomic E-state index is 0.0802. The van der Waals surface area contributed by atoms with Gasteiger partial charge in [0.2, 0.25) is 5.13 Å². The van der Waals surface area contributed by atoms with Gasteiger partial charge in [-0.2, -0.15) is 0 Å². The molecule has 2 N–H and O–H groups in total. The Morgan fingerprint density at radius 2 is 1.84 bits per heavy atom. The number of benzene rings is 2. The molecule has 11 heteroatoms. The number of carbonyl (C=O) groups excluding carboxylic acids is 1. The highest BCUT2D eigenvalue weighted by Gasteiger charge is 2.20. The maximum absolute atomic E-state index is 12.8. The Balaban J connectivity index is 1.77. The first-order valence-corrected chi connectivity index (χ1v) is 12.1. The van der Waals surface area contributed by atoms with Gasteiger partial charge in [0.15, 0.2) is 5.01 Å². The predicted octanol–water partition coefficient (Wildman–Crippen LogP) is 5.18. The zero-order chi connectivity index (χ0) is 23.3.